The number of aromatic nitrogens is 2. The molecule has 26 heavy (non-hydrogen) atoms. The molecule has 2 aromatic heterocycles. The first-order valence-corrected chi connectivity index (χ1v) is 10.0. The Kier molecular flexibility index (Phi) is 4.43. The van der Waals surface area contributed by atoms with Gasteiger partial charge in [-0.25, -0.2) is 13.4 Å². The van der Waals surface area contributed by atoms with E-state index in [0.717, 1.165) is 0 Å². The molecule has 0 saturated carbocycles. The summed E-state index contributed by atoms with van der Waals surface area (Å²) < 4.78 is 27.3. The Hall–Kier alpha value is -2.01. The Morgan fingerprint density at radius 3 is 2.73 bits per heavy atom. The number of fused-ring (bicyclic) bond motifs is 1. The predicted octanol–water partition coefficient (Wildman–Crippen LogP) is -0.881. The number of aliphatic hydroxyl groups is 1. The van der Waals surface area contributed by atoms with Gasteiger partial charge in [0.1, 0.15) is 10.5 Å². The van der Waals surface area contributed by atoms with Crippen LogP contribution in [0.15, 0.2) is 29.4 Å². The number of sulfonamides is 1. The van der Waals surface area contributed by atoms with Crippen LogP contribution in [0, 0.1) is 0 Å². The molecule has 2 aliphatic heterocycles. The molecule has 4 heterocycles. The van der Waals surface area contributed by atoms with Crippen molar-refractivity contribution >= 4 is 27.0 Å². The standard InChI is InChI=1S/C16H21N5O4S/c22-11-8-13(18-9-11)16(23)20-4-6-21(7-5-20)26(24,25)14-10-19-15-12(14)2-1-3-17-15/h1-3,10-11,13,18,22H,4-9H2,(H,17,19). The van der Waals surface area contributed by atoms with E-state index in [2.05, 4.69) is 15.3 Å². The number of H-pyrrole nitrogens is 1. The van der Waals surface area contributed by atoms with E-state index in [1.807, 2.05) is 0 Å². The minimum absolute atomic E-state index is 0.0742. The van der Waals surface area contributed by atoms with Crippen molar-refractivity contribution in [2.24, 2.45) is 0 Å². The molecular weight excluding hydrogens is 358 g/mol. The number of hydrogen-bond donors (Lipinski definition) is 3. The van der Waals surface area contributed by atoms with Gasteiger partial charge in [-0.1, -0.05) is 0 Å². The van der Waals surface area contributed by atoms with E-state index in [0.29, 0.717) is 37.1 Å². The van der Waals surface area contributed by atoms with Crippen LogP contribution in [0.2, 0.25) is 0 Å². The van der Waals surface area contributed by atoms with Crippen LogP contribution in [0.5, 0.6) is 0 Å². The first kappa shape index (κ1) is 17.4. The fraction of sp³-hybridized carbons (Fsp3) is 0.500. The number of aromatic amines is 1. The van der Waals surface area contributed by atoms with Crippen molar-refractivity contribution in [1.29, 1.82) is 0 Å². The smallest absolute Gasteiger partial charge is 0.245 e. The maximum absolute atomic E-state index is 13.0. The van der Waals surface area contributed by atoms with Gasteiger partial charge in [-0.15, -0.1) is 0 Å². The zero-order valence-corrected chi connectivity index (χ0v) is 14.9. The van der Waals surface area contributed by atoms with Crippen LogP contribution < -0.4 is 5.32 Å². The topological polar surface area (TPSA) is 119 Å². The molecule has 140 valence electrons. The Bertz CT molecular complexity index is 920. The highest BCUT2D eigenvalue weighted by molar-refractivity contribution is 7.89. The van der Waals surface area contributed by atoms with Gasteiger partial charge in [-0.3, -0.25) is 4.79 Å². The number of carbonyl (C=O) groups excluding carboxylic acids is 1. The van der Waals surface area contributed by atoms with E-state index >= 15 is 0 Å². The van der Waals surface area contributed by atoms with Gasteiger partial charge in [0, 0.05) is 50.5 Å². The fourth-order valence-electron chi connectivity index (χ4n) is 3.56. The second-order valence-electron chi connectivity index (χ2n) is 6.63. The average Bonchev–Trinajstić information content (AvgIpc) is 3.28. The molecule has 0 bridgehead atoms. The Morgan fingerprint density at radius 2 is 2.04 bits per heavy atom. The fourth-order valence-corrected chi connectivity index (χ4v) is 5.13. The van der Waals surface area contributed by atoms with Crippen molar-refractivity contribution < 1.29 is 18.3 Å². The zero-order valence-electron chi connectivity index (χ0n) is 14.1. The lowest BCUT2D eigenvalue weighted by Gasteiger charge is -2.35. The van der Waals surface area contributed by atoms with E-state index < -0.39 is 16.1 Å². The summed E-state index contributed by atoms with van der Waals surface area (Å²) >= 11 is 0. The van der Waals surface area contributed by atoms with Crippen LogP contribution in [0.4, 0.5) is 0 Å². The van der Waals surface area contributed by atoms with Gasteiger partial charge in [-0.2, -0.15) is 4.31 Å². The summed E-state index contributed by atoms with van der Waals surface area (Å²) in [6.07, 6.45) is 2.97. The third-order valence-corrected chi connectivity index (χ3v) is 6.93. The number of carbonyl (C=O) groups is 1. The monoisotopic (exact) mass is 379 g/mol. The molecule has 2 aromatic rings. The molecule has 2 saturated heterocycles. The second kappa shape index (κ2) is 6.62. The lowest BCUT2D eigenvalue weighted by atomic mass is 10.1. The highest BCUT2D eigenvalue weighted by atomic mass is 32.2. The van der Waals surface area contributed by atoms with E-state index in [1.165, 1.54) is 10.5 Å². The molecule has 2 fully saturated rings. The summed E-state index contributed by atoms with van der Waals surface area (Å²) in [5.41, 5.74) is 0.533. The van der Waals surface area contributed by atoms with Crippen LogP contribution in [0.25, 0.3) is 11.0 Å². The van der Waals surface area contributed by atoms with Crippen molar-refractivity contribution in [2.75, 3.05) is 32.7 Å². The molecule has 0 aromatic carbocycles. The average molecular weight is 379 g/mol. The van der Waals surface area contributed by atoms with Gasteiger partial charge in [0.05, 0.1) is 12.1 Å². The molecule has 2 unspecified atom stereocenters. The highest BCUT2D eigenvalue weighted by Crippen LogP contribution is 2.25. The number of amides is 1. The number of hydrogen-bond acceptors (Lipinski definition) is 6. The van der Waals surface area contributed by atoms with E-state index in [1.54, 1.807) is 23.2 Å². The lowest BCUT2D eigenvalue weighted by molar-refractivity contribution is -0.134. The van der Waals surface area contributed by atoms with Crippen molar-refractivity contribution in [3.05, 3.63) is 24.5 Å². The predicted molar refractivity (Wildman–Crippen MR) is 93.8 cm³/mol. The quantitative estimate of drug-likeness (QED) is 0.637. The van der Waals surface area contributed by atoms with Crippen molar-refractivity contribution in [1.82, 2.24) is 24.5 Å². The second-order valence-corrected chi connectivity index (χ2v) is 8.54. The zero-order chi connectivity index (χ0) is 18.3. The maximum atomic E-state index is 13.0. The van der Waals surface area contributed by atoms with Gasteiger partial charge in [-0.05, 0) is 18.6 Å². The Balaban J connectivity index is 1.46. The molecule has 10 heteroatoms. The summed E-state index contributed by atoms with van der Waals surface area (Å²) in [4.78, 5) is 21.4. The summed E-state index contributed by atoms with van der Waals surface area (Å²) in [6.45, 7) is 1.59. The van der Waals surface area contributed by atoms with Crippen molar-refractivity contribution in [2.45, 2.75) is 23.5 Å². The SMILES string of the molecule is O=C(C1CC(O)CN1)N1CCN(S(=O)(=O)c2c[nH]c3ncccc23)CC1. The highest BCUT2D eigenvalue weighted by Gasteiger charge is 2.35. The molecule has 2 aliphatic rings. The van der Waals surface area contributed by atoms with Crippen LogP contribution in [-0.2, 0) is 14.8 Å². The van der Waals surface area contributed by atoms with Gasteiger partial charge < -0.3 is 20.3 Å². The normalized spacial score (nSPS) is 25.0. The summed E-state index contributed by atoms with van der Waals surface area (Å²) in [7, 11) is -3.65. The first-order valence-electron chi connectivity index (χ1n) is 8.59. The molecule has 4 rings (SSSR count). The van der Waals surface area contributed by atoms with Gasteiger partial charge in [0.25, 0.3) is 0 Å². The van der Waals surface area contributed by atoms with Gasteiger partial charge >= 0.3 is 0 Å². The minimum atomic E-state index is -3.65. The Labute approximate surface area is 151 Å². The van der Waals surface area contributed by atoms with Gasteiger partial charge in [0.2, 0.25) is 15.9 Å². The molecule has 9 nitrogen and oxygen atoms in total. The van der Waals surface area contributed by atoms with Crippen molar-refractivity contribution in [3.63, 3.8) is 0 Å². The molecule has 2 atom stereocenters. The number of piperazine rings is 1. The molecule has 0 aliphatic carbocycles. The number of nitrogens with zero attached hydrogens (tertiary/aromatic N) is 3. The maximum Gasteiger partial charge on any atom is 0.245 e. The number of nitrogens with one attached hydrogen (secondary N) is 2. The molecule has 0 radical (unpaired) electrons. The van der Waals surface area contributed by atoms with Crippen LogP contribution in [0.3, 0.4) is 0 Å². The largest absolute Gasteiger partial charge is 0.392 e. The summed E-state index contributed by atoms with van der Waals surface area (Å²) in [6, 6.07) is 3.05. The molecule has 0 spiro atoms. The first-order chi connectivity index (χ1) is 12.5. The van der Waals surface area contributed by atoms with Crippen LogP contribution >= 0.6 is 0 Å². The Morgan fingerprint density at radius 1 is 1.27 bits per heavy atom. The molecule has 1 amide bonds. The molecule has 3 N–H and O–H groups in total. The summed E-state index contributed by atoms with van der Waals surface area (Å²) in [5, 5.41) is 13.1. The van der Waals surface area contributed by atoms with E-state index in [9.17, 15) is 18.3 Å². The minimum Gasteiger partial charge on any atom is -0.392 e. The van der Waals surface area contributed by atoms with Gasteiger partial charge in [0.15, 0.2) is 0 Å². The summed E-state index contributed by atoms with van der Waals surface area (Å²) in [5.74, 6) is -0.0742. The molecular formula is C16H21N5O4S. The third kappa shape index (κ3) is 2.98. The van der Waals surface area contributed by atoms with Crippen molar-refractivity contribution in [3.8, 4) is 0 Å². The van der Waals surface area contributed by atoms with Crippen LogP contribution in [-0.4, -0.2) is 83.5 Å². The van der Waals surface area contributed by atoms with Crippen LogP contribution in [0.1, 0.15) is 6.42 Å². The number of rotatable bonds is 3. The van der Waals surface area contributed by atoms with E-state index in [4.69, 9.17) is 0 Å². The number of pyridine rings is 1. The van der Waals surface area contributed by atoms with E-state index in [-0.39, 0.29) is 29.9 Å². The third-order valence-electron chi connectivity index (χ3n) is 4.99. The number of aliphatic hydroxyl groups excluding tert-OH is 1. The number of β-amino-alcohol motifs (C(OH)–C–C–N with tert-alkyl or cyclic N) is 1. The lowest BCUT2D eigenvalue weighted by Crippen LogP contribution is -2.54.